The predicted molar refractivity (Wildman–Crippen MR) is 29.9 cm³/mol. The van der Waals surface area contributed by atoms with Crippen LogP contribution in [0.15, 0.2) is 0 Å². The third kappa shape index (κ3) is 9.06. The van der Waals surface area contributed by atoms with E-state index < -0.39 is 5.97 Å². The lowest BCUT2D eigenvalue weighted by Gasteiger charge is -1.79. The van der Waals surface area contributed by atoms with Crippen molar-refractivity contribution in [3.8, 4) is 0 Å². The van der Waals surface area contributed by atoms with Crippen molar-refractivity contribution in [1.29, 1.82) is 0 Å². The summed E-state index contributed by atoms with van der Waals surface area (Å²) < 4.78 is 3.89. The molecule has 0 aliphatic carbocycles. The van der Waals surface area contributed by atoms with Gasteiger partial charge in [-0.05, 0) is 0 Å². The first kappa shape index (κ1) is 10.4. The normalized spacial score (nSPS) is 5.88. The minimum atomic E-state index is -0.838. The highest BCUT2D eigenvalue weighted by Gasteiger charge is 1.88. The highest BCUT2D eigenvalue weighted by atomic mass is 35.5. The van der Waals surface area contributed by atoms with Gasteiger partial charge in [-0.25, -0.2) is 4.79 Å². The Hall–Kier alpha value is -0.570. The molecule has 0 unspecified atom stereocenters. The van der Waals surface area contributed by atoms with E-state index in [4.69, 9.17) is 0 Å². The van der Waals surface area contributed by atoms with E-state index in [1.165, 1.54) is 6.38 Å². The maximum Gasteiger partial charge on any atom is 0.371 e. The largest absolute Gasteiger partial charge is 0.463 e. The average molecular weight is 139 g/mol. The van der Waals surface area contributed by atoms with Gasteiger partial charge < -0.3 is 4.74 Å². The van der Waals surface area contributed by atoms with Crippen LogP contribution in [0.1, 0.15) is 0 Å². The summed E-state index contributed by atoms with van der Waals surface area (Å²) >= 11 is 4.64. The number of carbonyl (C=O) groups is 2. The maximum absolute atomic E-state index is 9.59. The zero-order valence-corrected chi connectivity index (χ0v) is 5.44. The summed E-state index contributed by atoms with van der Waals surface area (Å²) in [5.74, 6) is -0.838. The maximum atomic E-state index is 9.59. The third-order valence-corrected chi connectivity index (χ3v) is 0.297. The molecule has 0 saturated carbocycles. The van der Waals surface area contributed by atoms with Crippen LogP contribution >= 0.6 is 11.6 Å². The molecular formula is C4H7ClO3. The molecule has 0 aliphatic heterocycles. The van der Waals surface area contributed by atoms with Crippen LogP contribution in [0.25, 0.3) is 0 Å². The first-order valence-corrected chi connectivity index (χ1v) is 2.47. The van der Waals surface area contributed by atoms with E-state index in [2.05, 4.69) is 16.3 Å². The van der Waals surface area contributed by atoms with Gasteiger partial charge in [0.2, 0.25) is 6.29 Å². The second-order valence-electron chi connectivity index (χ2n) is 0.641. The highest BCUT2D eigenvalue weighted by Crippen LogP contribution is 1.58. The Morgan fingerprint density at radius 3 is 2.00 bits per heavy atom. The quantitative estimate of drug-likeness (QED) is 0.225. The van der Waals surface area contributed by atoms with Gasteiger partial charge in [0.15, 0.2) is 0 Å². The van der Waals surface area contributed by atoms with Crippen molar-refractivity contribution in [2.24, 2.45) is 0 Å². The summed E-state index contributed by atoms with van der Waals surface area (Å²) in [6, 6.07) is 0. The van der Waals surface area contributed by atoms with Gasteiger partial charge >= 0.3 is 5.97 Å². The number of alkyl halides is 1. The van der Waals surface area contributed by atoms with E-state index in [-0.39, 0.29) is 6.29 Å². The van der Waals surface area contributed by atoms with Crippen molar-refractivity contribution in [1.82, 2.24) is 0 Å². The van der Waals surface area contributed by atoms with E-state index >= 15 is 0 Å². The van der Waals surface area contributed by atoms with Gasteiger partial charge in [0.25, 0.3) is 0 Å². The number of ether oxygens (including phenoxy) is 1. The number of esters is 1. The number of aldehydes is 1. The second kappa shape index (κ2) is 9.66. The molecule has 0 atom stereocenters. The molecule has 0 rings (SSSR count). The molecule has 0 aromatic heterocycles. The van der Waals surface area contributed by atoms with Crippen molar-refractivity contribution < 1.29 is 14.3 Å². The molecule has 3 nitrogen and oxygen atoms in total. The summed E-state index contributed by atoms with van der Waals surface area (Å²) in [4.78, 5) is 18.9. The molecule has 0 N–H and O–H groups in total. The number of hydrogen-bond acceptors (Lipinski definition) is 3. The van der Waals surface area contributed by atoms with Gasteiger partial charge in [-0.2, -0.15) is 0 Å². The molecule has 0 heterocycles. The molecular weight excluding hydrogens is 131 g/mol. The Morgan fingerprint density at radius 1 is 1.62 bits per heavy atom. The average Bonchev–Trinajstić information content (AvgIpc) is 1.91. The molecule has 0 aromatic carbocycles. The minimum Gasteiger partial charge on any atom is -0.463 e. The van der Waals surface area contributed by atoms with Crippen LogP contribution < -0.4 is 0 Å². The lowest BCUT2D eigenvalue weighted by Crippen LogP contribution is -1.98. The number of rotatable bonds is 1. The number of hydrogen-bond donors (Lipinski definition) is 0. The lowest BCUT2D eigenvalue weighted by molar-refractivity contribution is -0.146. The van der Waals surface area contributed by atoms with Gasteiger partial charge in [0.1, 0.15) is 0 Å². The third-order valence-electron chi connectivity index (χ3n) is 0.297. The molecule has 0 aromatic rings. The molecule has 48 valence electrons. The van der Waals surface area contributed by atoms with Crippen molar-refractivity contribution >= 4 is 23.9 Å². The van der Waals surface area contributed by atoms with Crippen LogP contribution in [-0.2, 0) is 14.3 Å². The summed E-state index contributed by atoms with van der Waals surface area (Å²) in [7, 11) is 1.15. The standard InChI is InChI=1S/C3H4O3.CH3Cl/c1-6-3(5)2-4;1-2/h2H,1H3;1H3. The van der Waals surface area contributed by atoms with Gasteiger partial charge in [0, 0.05) is 6.38 Å². The Balaban J connectivity index is 0. The Morgan fingerprint density at radius 2 is 2.00 bits per heavy atom. The summed E-state index contributed by atoms with van der Waals surface area (Å²) in [6.07, 6.45) is 1.58. The first-order chi connectivity index (χ1) is 3.81. The summed E-state index contributed by atoms with van der Waals surface area (Å²) in [5, 5.41) is 0. The zero-order valence-electron chi connectivity index (χ0n) is 4.68. The zero-order chi connectivity index (χ0) is 6.99. The van der Waals surface area contributed by atoms with Crippen LogP contribution in [0.5, 0.6) is 0 Å². The molecule has 0 spiro atoms. The number of halogens is 1. The van der Waals surface area contributed by atoms with E-state index in [0.717, 1.165) is 7.11 Å². The smallest absolute Gasteiger partial charge is 0.371 e. The fourth-order valence-electron chi connectivity index (χ4n) is 0.0481. The molecule has 0 fully saturated rings. The Labute approximate surface area is 52.6 Å². The van der Waals surface area contributed by atoms with Crippen LogP contribution in [-0.4, -0.2) is 25.7 Å². The van der Waals surface area contributed by atoms with Crippen molar-refractivity contribution in [3.05, 3.63) is 0 Å². The minimum absolute atomic E-state index is 0.111. The lowest BCUT2D eigenvalue weighted by atomic mass is 10.8. The SMILES string of the molecule is CCl.COC(=O)C=O. The van der Waals surface area contributed by atoms with E-state index in [9.17, 15) is 9.59 Å². The summed E-state index contributed by atoms with van der Waals surface area (Å²) in [5.41, 5.74) is 0. The summed E-state index contributed by atoms with van der Waals surface area (Å²) in [6.45, 7) is 0. The van der Waals surface area contributed by atoms with Gasteiger partial charge in [-0.1, -0.05) is 0 Å². The van der Waals surface area contributed by atoms with Crippen LogP contribution in [0.3, 0.4) is 0 Å². The molecule has 4 heteroatoms. The van der Waals surface area contributed by atoms with Crippen molar-refractivity contribution in [2.45, 2.75) is 0 Å². The van der Waals surface area contributed by atoms with E-state index in [0.29, 0.717) is 0 Å². The van der Waals surface area contributed by atoms with Gasteiger partial charge in [0.05, 0.1) is 7.11 Å². The molecule has 0 amide bonds. The molecule has 8 heavy (non-hydrogen) atoms. The monoisotopic (exact) mass is 138 g/mol. The second-order valence-corrected chi connectivity index (χ2v) is 0.641. The van der Waals surface area contributed by atoms with Crippen molar-refractivity contribution in [3.63, 3.8) is 0 Å². The molecule has 0 saturated heterocycles. The van der Waals surface area contributed by atoms with E-state index in [1.807, 2.05) is 0 Å². The van der Waals surface area contributed by atoms with Gasteiger partial charge in [-0.15, -0.1) is 11.6 Å². The van der Waals surface area contributed by atoms with Crippen LogP contribution in [0.2, 0.25) is 0 Å². The Bertz CT molecular complexity index is 71.7. The molecule has 0 aliphatic rings. The van der Waals surface area contributed by atoms with Gasteiger partial charge in [-0.3, -0.25) is 4.79 Å². The Kier molecular flexibility index (Phi) is 12.6. The topological polar surface area (TPSA) is 43.4 Å². The highest BCUT2D eigenvalue weighted by molar-refractivity contribution is 6.20. The number of methoxy groups -OCH3 is 1. The van der Waals surface area contributed by atoms with Crippen molar-refractivity contribution in [2.75, 3.05) is 13.5 Å². The van der Waals surface area contributed by atoms with Crippen LogP contribution in [0, 0.1) is 0 Å². The predicted octanol–water partition coefficient (Wildman–Crippen LogP) is 0.213. The molecule has 0 radical (unpaired) electrons. The van der Waals surface area contributed by atoms with E-state index in [1.54, 1.807) is 0 Å². The fraction of sp³-hybridized carbons (Fsp3) is 0.500. The number of carbonyl (C=O) groups excluding carboxylic acids is 2. The fourth-order valence-corrected chi connectivity index (χ4v) is 0.0481. The first-order valence-electron chi connectivity index (χ1n) is 1.72. The molecule has 0 bridgehead atoms. The van der Waals surface area contributed by atoms with Crippen LogP contribution in [0.4, 0.5) is 0 Å².